The summed E-state index contributed by atoms with van der Waals surface area (Å²) < 4.78 is 0. The molecule has 1 aliphatic heterocycles. The molecule has 0 saturated carbocycles. The van der Waals surface area contributed by atoms with Gasteiger partial charge < -0.3 is 0 Å². The fourth-order valence-electron chi connectivity index (χ4n) is 1.99. The summed E-state index contributed by atoms with van der Waals surface area (Å²) in [6.45, 7) is 0. The largest absolute Gasteiger partial charge is 0.368 e. The van der Waals surface area contributed by atoms with E-state index in [1.165, 1.54) is 0 Å². The highest BCUT2D eigenvalue weighted by atomic mass is 16.2. The van der Waals surface area contributed by atoms with Crippen molar-refractivity contribution in [3.05, 3.63) is 34.0 Å². The number of benzene rings is 1. The second-order valence-electron chi connectivity index (χ2n) is 3.89. The van der Waals surface area contributed by atoms with Gasteiger partial charge in [-0.25, -0.2) is 4.79 Å². The summed E-state index contributed by atoms with van der Waals surface area (Å²) in [5.74, 6) is 0. The molecule has 2 amide bonds. The van der Waals surface area contributed by atoms with Crippen LogP contribution in [0.1, 0.15) is 24.0 Å². The van der Waals surface area contributed by atoms with Gasteiger partial charge in [-0.2, -0.15) is 20.5 Å². The van der Waals surface area contributed by atoms with Crippen molar-refractivity contribution in [3.8, 4) is 12.1 Å². The van der Waals surface area contributed by atoms with E-state index in [0.29, 0.717) is 36.4 Å². The van der Waals surface area contributed by atoms with Crippen molar-refractivity contribution in [2.24, 2.45) is 9.98 Å². The van der Waals surface area contributed by atoms with Crippen molar-refractivity contribution < 1.29 is 4.79 Å². The minimum atomic E-state index is -0.499. The number of carbonyl (C=O) groups excluding carboxylic acids is 1. The minimum Gasteiger partial charge on any atom is -0.244 e. The molecule has 2 rings (SSSR count). The molecule has 0 N–H and O–H groups in total. The van der Waals surface area contributed by atoms with Crippen LogP contribution < -0.4 is 10.7 Å². The van der Waals surface area contributed by atoms with Gasteiger partial charge in [-0.15, -0.1) is 0 Å². The van der Waals surface area contributed by atoms with E-state index < -0.39 is 6.03 Å². The molecule has 0 fully saturated rings. The molecule has 1 aromatic carbocycles. The van der Waals surface area contributed by atoms with Crippen molar-refractivity contribution in [3.63, 3.8) is 0 Å². The van der Waals surface area contributed by atoms with Gasteiger partial charge in [0.2, 0.25) is 0 Å². The van der Waals surface area contributed by atoms with Gasteiger partial charge in [0.25, 0.3) is 0 Å². The molecule has 0 aromatic heterocycles. The Morgan fingerprint density at radius 2 is 1.78 bits per heavy atom. The number of fused-ring (bicyclic) bond motifs is 1. The molecule has 1 heterocycles. The topological polar surface area (TPSA) is 89.4 Å². The van der Waals surface area contributed by atoms with Crippen molar-refractivity contribution in [1.82, 2.24) is 0 Å². The van der Waals surface area contributed by atoms with Crippen LogP contribution in [0.2, 0.25) is 0 Å². The molecule has 1 aromatic rings. The van der Waals surface area contributed by atoms with Crippen molar-refractivity contribution in [2.75, 3.05) is 0 Å². The van der Waals surface area contributed by atoms with E-state index in [0.717, 1.165) is 11.1 Å². The molecule has 18 heavy (non-hydrogen) atoms. The fourth-order valence-corrected chi connectivity index (χ4v) is 1.99. The first-order valence-electron chi connectivity index (χ1n) is 5.62. The Bertz CT molecular complexity index is 691. The van der Waals surface area contributed by atoms with Gasteiger partial charge in [-0.3, -0.25) is 0 Å². The van der Waals surface area contributed by atoms with Gasteiger partial charge in [0.1, 0.15) is 0 Å². The highest BCUT2D eigenvalue weighted by Gasteiger charge is 2.12. The van der Waals surface area contributed by atoms with Crippen LogP contribution in [0.5, 0.6) is 0 Å². The summed E-state index contributed by atoms with van der Waals surface area (Å²) in [6.07, 6.45) is 1.91. The Morgan fingerprint density at radius 3 is 2.50 bits per heavy atom. The number of nitrogens with zero attached hydrogens (tertiary/aromatic N) is 4. The lowest BCUT2D eigenvalue weighted by Crippen LogP contribution is -2.27. The predicted octanol–water partition coefficient (Wildman–Crippen LogP) is 0.972. The van der Waals surface area contributed by atoms with E-state index in [2.05, 4.69) is 22.1 Å². The Balaban J connectivity index is 2.51. The standard InChI is InChI=1S/C13H10N4O/c14-7-1-3-9-5-6-11-12(17-13(18)16-11)10(9)4-2-8-15/h5-6H,1-4H2. The van der Waals surface area contributed by atoms with Crippen LogP contribution in [-0.4, -0.2) is 6.03 Å². The van der Waals surface area contributed by atoms with Crippen LogP contribution in [0.25, 0.3) is 0 Å². The van der Waals surface area contributed by atoms with Gasteiger partial charge in [0.05, 0.1) is 22.9 Å². The maximum absolute atomic E-state index is 11.2. The second-order valence-corrected chi connectivity index (χ2v) is 3.89. The number of urea groups is 1. The molecule has 5 heteroatoms. The van der Waals surface area contributed by atoms with Gasteiger partial charge in [0, 0.05) is 12.8 Å². The molecule has 0 saturated heterocycles. The summed E-state index contributed by atoms with van der Waals surface area (Å²) in [4.78, 5) is 18.9. The van der Waals surface area contributed by atoms with Gasteiger partial charge in [0.15, 0.2) is 0 Å². The van der Waals surface area contributed by atoms with Crippen LogP contribution >= 0.6 is 0 Å². The van der Waals surface area contributed by atoms with Crippen LogP contribution in [0, 0.1) is 22.7 Å². The van der Waals surface area contributed by atoms with Crippen molar-refractivity contribution >= 4 is 6.03 Å². The smallest absolute Gasteiger partial charge is 0.244 e. The molecule has 0 bridgehead atoms. The highest BCUT2D eigenvalue weighted by molar-refractivity contribution is 5.77. The molecule has 0 spiro atoms. The molecule has 5 nitrogen and oxygen atoms in total. The second kappa shape index (κ2) is 5.20. The summed E-state index contributed by atoms with van der Waals surface area (Å²) >= 11 is 0. The molecule has 0 radical (unpaired) electrons. The summed E-state index contributed by atoms with van der Waals surface area (Å²) in [6, 6.07) is 7.27. The van der Waals surface area contributed by atoms with E-state index >= 15 is 0 Å². The Morgan fingerprint density at radius 1 is 1.06 bits per heavy atom. The molecule has 0 unspecified atom stereocenters. The predicted molar refractivity (Wildman–Crippen MR) is 62.0 cm³/mol. The monoisotopic (exact) mass is 238 g/mol. The molecular formula is C13H10N4O. The number of amides is 2. The van der Waals surface area contributed by atoms with E-state index in [9.17, 15) is 4.79 Å². The van der Waals surface area contributed by atoms with Crippen molar-refractivity contribution in [1.29, 1.82) is 10.5 Å². The zero-order chi connectivity index (χ0) is 13.0. The van der Waals surface area contributed by atoms with Crippen LogP contribution in [-0.2, 0) is 12.8 Å². The fraction of sp³-hybridized carbons (Fsp3) is 0.308. The number of carbonyl (C=O) groups is 1. The molecule has 1 aliphatic rings. The number of nitriles is 2. The van der Waals surface area contributed by atoms with E-state index in [1.54, 1.807) is 6.07 Å². The first-order valence-corrected chi connectivity index (χ1v) is 5.62. The zero-order valence-electron chi connectivity index (χ0n) is 9.68. The third-order valence-corrected chi connectivity index (χ3v) is 2.77. The third-order valence-electron chi connectivity index (χ3n) is 2.77. The SMILES string of the molecule is N#CCCc1ccc2c(c1CCC#N)=NC(=O)N=2. The minimum absolute atomic E-state index is 0.361. The lowest BCUT2D eigenvalue weighted by Gasteiger charge is -2.05. The van der Waals surface area contributed by atoms with Gasteiger partial charge in [-0.05, 0) is 30.0 Å². The maximum Gasteiger partial charge on any atom is 0.368 e. The van der Waals surface area contributed by atoms with Gasteiger partial charge in [-0.1, -0.05) is 6.07 Å². The average molecular weight is 238 g/mol. The maximum atomic E-state index is 11.2. The van der Waals surface area contributed by atoms with E-state index in [-0.39, 0.29) is 0 Å². The number of rotatable bonds is 4. The third kappa shape index (κ3) is 2.26. The molecule has 0 atom stereocenters. The summed E-state index contributed by atoms with van der Waals surface area (Å²) in [5, 5.41) is 18.4. The number of hydrogen-bond donors (Lipinski definition) is 0. The number of aryl methyl sites for hydroxylation is 1. The lowest BCUT2D eigenvalue weighted by atomic mass is 9.98. The average Bonchev–Trinajstić information content (AvgIpc) is 2.74. The summed E-state index contributed by atoms with van der Waals surface area (Å²) in [5.41, 5.74) is 1.85. The quantitative estimate of drug-likeness (QED) is 0.782. The lowest BCUT2D eigenvalue weighted by molar-refractivity contribution is 0.256. The summed E-state index contributed by atoms with van der Waals surface area (Å²) in [7, 11) is 0. The van der Waals surface area contributed by atoms with Crippen LogP contribution in [0.4, 0.5) is 4.79 Å². The zero-order valence-corrected chi connectivity index (χ0v) is 9.68. The molecule has 88 valence electrons. The Kier molecular flexibility index (Phi) is 3.45. The van der Waals surface area contributed by atoms with Crippen LogP contribution in [0.15, 0.2) is 22.1 Å². The van der Waals surface area contributed by atoms with E-state index in [4.69, 9.17) is 10.5 Å². The normalized spacial score (nSPS) is 12.0. The Labute approximate surface area is 104 Å². The molecule has 0 aliphatic carbocycles. The first kappa shape index (κ1) is 11.9. The first-order chi connectivity index (χ1) is 8.76. The van der Waals surface area contributed by atoms with Crippen molar-refractivity contribution in [2.45, 2.75) is 25.7 Å². The molecular weight excluding hydrogens is 228 g/mol. The number of hydrogen-bond acceptors (Lipinski definition) is 3. The van der Waals surface area contributed by atoms with E-state index in [1.807, 2.05) is 6.07 Å². The highest BCUT2D eigenvalue weighted by Crippen LogP contribution is 2.09. The Hall–Kier alpha value is -2.53. The van der Waals surface area contributed by atoms with Crippen LogP contribution in [0.3, 0.4) is 0 Å². The van der Waals surface area contributed by atoms with Gasteiger partial charge >= 0.3 is 6.03 Å².